The number of methoxy groups -OCH3 is 1. The van der Waals surface area contributed by atoms with Crippen LogP contribution in [0.1, 0.15) is 20.8 Å². The molecule has 0 bridgehead atoms. The zero-order valence-electron chi connectivity index (χ0n) is 11.4. The molecule has 2 rings (SSSR count). The Labute approximate surface area is 125 Å². The number of hydrogen-bond donors (Lipinski definition) is 0. The number of halogens is 1. The predicted molar refractivity (Wildman–Crippen MR) is 82.8 cm³/mol. The Bertz CT molecular complexity index is 625. The van der Waals surface area contributed by atoms with Crippen LogP contribution in [-0.4, -0.2) is 23.4 Å². The van der Waals surface area contributed by atoms with E-state index in [1.165, 1.54) is 4.57 Å². The van der Waals surface area contributed by atoms with Gasteiger partial charge in [0.15, 0.2) is 0 Å². The monoisotopic (exact) mass is 373 g/mol. The van der Waals surface area contributed by atoms with Crippen LogP contribution in [0.25, 0.3) is 10.9 Å². The molecule has 4 nitrogen and oxygen atoms in total. The first-order valence-corrected chi connectivity index (χ1v) is 6.97. The van der Waals surface area contributed by atoms with Crippen LogP contribution in [0.15, 0.2) is 24.4 Å². The van der Waals surface area contributed by atoms with Gasteiger partial charge in [-0.2, -0.15) is 0 Å². The van der Waals surface area contributed by atoms with E-state index >= 15 is 0 Å². The number of rotatable bonds is 1. The Kier molecular flexibility index (Phi) is 3.75. The van der Waals surface area contributed by atoms with E-state index in [0.717, 1.165) is 20.2 Å². The lowest BCUT2D eigenvalue weighted by molar-refractivity contribution is 0.0544. The van der Waals surface area contributed by atoms with E-state index in [2.05, 4.69) is 22.6 Å². The first-order chi connectivity index (χ1) is 8.81. The fourth-order valence-electron chi connectivity index (χ4n) is 1.76. The number of carbonyl (C=O) groups excluding carboxylic acids is 1. The van der Waals surface area contributed by atoms with Crippen LogP contribution in [0.5, 0.6) is 5.75 Å². The molecule has 0 fully saturated rings. The van der Waals surface area contributed by atoms with Crippen LogP contribution in [0, 0.1) is 3.57 Å². The molecule has 0 atom stereocenters. The molecular formula is C14H16INO3. The molecule has 0 N–H and O–H groups in total. The zero-order chi connectivity index (χ0) is 14.2. The van der Waals surface area contributed by atoms with Crippen LogP contribution in [-0.2, 0) is 4.74 Å². The Morgan fingerprint density at radius 1 is 1.32 bits per heavy atom. The van der Waals surface area contributed by atoms with Crippen molar-refractivity contribution in [2.75, 3.05) is 7.11 Å². The maximum Gasteiger partial charge on any atom is 0.419 e. The van der Waals surface area contributed by atoms with Crippen molar-refractivity contribution in [1.29, 1.82) is 0 Å². The Morgan fingerprint density at radius 3 is 2.58 bits per heavy atom. The molecule has 0 radical (unpaired) electrons. The summed E-state index contributed by atoms with van der Waals surface area (Å²) in [6, 6.07) is 5.61. The van der Waals surface area contributed by atoms with Crippen LogP contribution in [0.4, 0.5) is 4.79 Å². The van der Waals surface area contributed by atoms with Crippen LogP contribution in [0.2, 0.25) is 0 Å². The van der Waals surface area contributed by atoms with Gasteiger partial charge < -0.3 is 9.47 Å². The second kappa shape index (κ2) is 5.03. The molecule has 5 heteroatoms. The molecule has 0 spiro atoms. The first-order valence-electron chi connectivity index (χ1n) is 5.90. The Morgan fingerprint density at radius 2 is 2.00 bits per heavy atom. The minimum Gasteiger partial charge on any atom is -0.497 e. The highest BCUT2D eigenvalue weighted by atomic mass is 127. The fourth-order valence-corrected chi connectivity index (χ4v) is 2.47. The van der Waals surface area contributed by atoms with Gasteiger partial charge in [-0.3, -0.25) is 4.57 Å². The molecule has 0 aliphatic heterocycles. The largest absolute Gasteiger partial charge is 0.497 e. The zero-order valence-corrected chi connectivity index (χ0v) is 13.5. The number of ether oxygens (including phenoxy) is 2. The molecule has 0 saturated carbocycles. The quantitative estimate of drug-likeness (QED) is 0.709. The van der Waals surface area contributed by atoms with Gasteiger partial charge in [-0.1, -0.05) is 0 Å². The summed E-state index contributed by atoms with van der Waals surface area (Å²) in [6.07, 6.45) is 1.41. The van der Waals surface area contributed by atoms with Gasteiger partial charge in [-0.15, -0.1) is 0 Å². The summed E-state index contributed by atoms with van der Waals surface area (Å²) < 4.78 is 13.1. The maximum absolute atomic E-state index is 12.1. The topological polar surface area (TPSA) is 40.5 Å². The molecule has 1 aromatic heterocycles. The van der Waals surface area contributed by atoms with Gasteiger partial charge in [0.25, 0.3) is 0 Å². The van der Waals surface area contributed by atoms with Crippen molar-refractivity contribution in [2.45, 2.75) is 26.4 Å². The number of nitrogens with zero attached hydrogens (tertiary/aromatic N) is 1. The highest BCUT2D eigenvalue weighted by molar-refractivity contribution is 14.1. The van der Waals surface area contributed by atoms with Crippen molar-refractivity contribution in [3.63, 3.8) is 0 Å². The second-order valence-electron chi connectivity index (χ2n) is 5.21. The average Bonchev–Trinajstić information content (AvgIpc) is 2.64. The molecule has 1 heterocycles. The summed E-state index contributed by atoms with van der Waals surface area (Å²) in [7, 11) is 1.62. The summed E-state index contributed by atoms with van der Waals surface area (Å²) in [5.74, 6) is 0.771. The molecule has 19 heavy (non-hydrogen) atoms. The van der Waals surface area contributed by atoms with Gasteiger partial charge >= 0.3 is 6.09 Å². The third-order valence-corrected chi connectivity index (χ3v) is 3.41. The van der Waals surface area contributed by atoms with E-state index in [9.17, 15) is 4.79 Å². The van der Waals surface area contributed by atoms with Crippen molar-refractivity contribution in [3.8, 4) is 5.75 Å². The smallest absolute Gasteiger partial charge is 0.419 e. The lowest BCUT2D eigenvalue weighted by Crippen LogP contribution is -2.26. The van der Waals surface area contributed by atoms with Crippen LogP contribution >= 0.6 is 22.6 Å². The van der Waals surface area contributed by atoms with E-state index in [0.29, 0.717) is 0 Å². The fraction of sp³-hybridized carbons (Fsp3) is 0.357. The van der Waals surface area contributed by atoms with Crippen LogP contribution < -0.4 is 4.74 Å². The van der Waals surface area contributed by atoms with Gasteiger partial charge in [-0.25, -0.2) is 4.79 Å². The molecule has 0 aliphatic carbocycles. The number of aromatic nitrogens is 1. The van der Waals surface area contributed by atoms with Gasteiger partial charge in [0.05, 0.1) is 12.6 Å². The number of carbonyl (C=O) groups is 1. The molecule has 0 unspecified atom stereocenters. The number of fused-ring (bicyclic) bond motifs is 1. The molecule has 2 aromatic rings. The summed E-state index contributed by atoms with van der Waals surface area (Å²) in [5.41, 5.74) is 0.311. The molecular weight excluding hydrogens is 357 g/mol. The minimum atomic E-state index is -0.508. The minimum absolute atomic E-state index is 0.370. The third kappa shape index (κ3) is 3.02. The summed E-state index contributed by atoms with van der Waals surface area (Å²) in [5, 5.41) is 0.978. The van der Waals surface area contributed by atoms with E-state index in [1.807, 2.05) is 39.0 Å². The first kappa shape index (κ1) is 14.2. The molecule has 0 saturated heterocycles. The van der Waals surface area contributed by atoms with Crippen molar-refractivity contribution < 1.29 is 14.3 Å². The normalized spacial score (nSPS) is 11.6. The third-order valence-electron chi connectivity index (χ3n) is 2.55. The lowest BCUT2D eigenvalue weighted by Gasteiger charge is -2.19. The van der Waals surface area contributed by atoms with Crippen molar-refractivity contribution in [2.24, 2.45) is 0 Å². The van der Waals surface area contributed by atoms with Crippen LogP contribution in [0.3, 0.4) is 0 Å². The molecule has 0 amide bonds. The molecule has 102 valence electrons. The maximum atomic E-state index is 12.1. The lowest BCUT2D eigenvalue weighted by atomic mass is 10.2. The van der Waals surface area contributed by atoms with Gasteiger partial charge in [-0.05, 0) is 61.6 Å². The van der Waals surface area contributed by atoms with Crippen molar-refractivity contribution >= 4 is 39.6 Å². The Hall–Kier alpha value is -1.24. The highest BCUT2D eigenvalue weighted by Crippen LogP contribution is 2.27. The Balaban J connectivity index is 2.48. The second-order valence-corrected chi connectivity index (χ2v) is 6.37. The highest BCUT2D eigenvalue weighted by Gasteiger charge is 2.20. The molecule has 1 aromatic carbocycles. The standard InChI is InChI=1S/C14H16INO3/c1-14(2,3)19-13(17)16-8-11(15)10-7-9(18-4)5-6-12(10)16/h5-8H,1-4H3. The summed E-state index contributed by atoms with van der Waals surface area (Å²) in [6.45, 7) is 5.56. The number of benzene rings is 1. The van der Waals surface area contributed by atoms with Gasteiger partial charge in [0, 0.05) is 15.2 Å². The average molecular weight is 373 g/mol. The SMILES string of the molecule is COc1ccc2c(c1)c(I)cn2C(=O)OC(C)(C)C. The van der Waals surface area contributed by atoms with E-state index in [4.69, 9.17) is 9.47 Å². The van der Waals surface area contributed by atoms with E-state index in [-0.39, 0.29) is 6.09 Å². The summed E-state index contributed by atoms with van der Waals surface area (Å²) in [4.78, 5) is 12.1. The molecule has 0 aliphatic rings. The van der Waals surface area contributed by atoms with E-state index in [1.54, 1.807) is 13.3 Å². The van der Waals surface area contributed by atoms with Gasteiger partial charge in [0.1, 0.15) is 11.4 Å². The predicted octanol–water partition coefficient (Wildman–Crippen LogP) is 4.04. The van der Waals surface area contributed by atoms with Gasteiger partial charge in [0.2, 0.25) is 0 Å². The summed E-state index contributed by atoms with van der Waals surface area (Å²) >= 11 is 2.20. The van der Waals surface area contributed by atoms with Crippen molar-refractivity contribution in [3.05, 3.63) is 28.0 Å². The van der Waals surface area contributed by atoms with Crippen molar-refractivity contribution in [1.82, 2.24) is 4.57 Å². The van der Waals surface area contributed by atoms with E-state index < -0.39 is 5.60 Å². The number of hydrogen-bond acceptors (Lipinski definition) is 3.